The third-order valence-electron chi connectivity index (χ3n) is 2.75. The Bertz CT molecular complexity index is 303. The SMILES string of the molecule is CC1=CC(=O)N(CC2CCCN2)C1=O. The zero-order valence-corrected chi connectivity index (χ0v) is 8.25. The van der Waals surface area contributed by atoms with E-state index < -0.39 is 0 Å². The summed E-state index contributed by atoms with van der Waals surface area (Å²) in [6.45, 7) is 3.20. The predicted octanol–water partition coefficient (Wildman–Crippen LogP) is 0.0535. The molecule has 4 nitrogen and oxygen atoms in total. The van der Waals surface area contributed by atoms with Gasteiger partial charge in [0.05, 0.1) is 0 Å². The molecule has 0 aliphatic carbocycles. The lowest BCUT2D eigenvalue weighted by Gasteiger charge is -2.18. The van der Waals surface area contributed by atoms with Crippen LogP contribution >= 0.6 is 0 Å². The highest BCUT2D eigenvalue weighted by Gasteiger charge is 2.30. The molecule has 1 fully saturated rings. The van der Waals surface area contributed by atoms with Crippen molar-refractivity contribution < 1.29 is 9.59 Å². The first kappa shape index (κ1) is 9.40. The molecule has 14 heavy (non-hydrogen) atoms. The molecule has 2 rings (SSSR count). The van der Waals surface area contributed by atoms with Gasteiger partial charge in [-0.1, -0.05) is 0 Å². The first-order valence-corrected chi connectivity index (χ1v) is 4.96. The van der Waals surface area contributed by atoms with Crippen LogP contribution in [-0.4, -0.2) is 35.8 Å². The lowest BCUT2D eigenvalue weighted by Crippen LogP contribution is -2.41. The van der Waals surface area contributed by atoms with Crippen molar-refractivity contribution in [1.29, 1.82) is 0 Å². The van der Waals surface area contributed by atoms with E-state index in [0.717, 1.165) is 19.4 Å². The Morgan fingerprint density at radius 2 is 2.36 bits per heavy atom. The summed E-state index contributed by atoms with van der Waals surface area (Å²) >= 11 is 0. The molecule has 0 aromatic rings. The van der Waals surface area contributed by atoms with Crippen LogP contribution < -0.4 is 5.32 Å². The molecule has 1 unspecified atom stereocenters. The van der Waals surface area contributed by atoms with E-state index in [2.05, 4.69) is 5.32 Å². The molecule has 0 aromatic carbocycles. The van der Waals surface area contributed by atoms with Gasteiger partial charge in [0.25, 0.3) is 11.8 Å². The highest BCUT2D eigenvalue weighted by atomic mass is 16.2. The molecule has 76 valence electrons. The fourth-order valence-electron chi connectivity index (χ4n) is 1.94. The average molecular weight is 194 g/mol. The molecule has 4 heteroatoms. The number of hydrogen-bond donors (Lipinski definition) is 1. The van der Waals surface area contributed by atoms with Gasteiger partial charge in [-0.2, -0.15) is 0 Å². The van der Waals surface area contributed by atoms with Crippen LogP contribution in [0.5, 0.6) is 0 Å². The van der Waals surface area contributed by atoms with Crippen LogP contribution in [0.15, 0.2) is 11.6 Å². The van der Waals surface area contributed by atoms with Crippen molar-refractivity contribution in [3.05, 3.63) is 11.6 Å². The minimum absolute atomic E-state index is 0.135. The molecule has 0 bridgehead atoms. The van der Waals surface area contributed by atoms with Crippen molar-refractivity contribution in [3.8, 4) is 0 Å². The van der Waals surface area contributed by atoms with Gasteiger partial charge in [0.15, 0.2) is 0 Å². The van der Waals surface area contributed by atoms with Gasteiger partial charge in [-0.05, 0) is 26.3 Å². The zero-order valence-electron chi connectivity index (χ0n) is 8.25. The molecule has 0 aromatic heterocycles. The number of hydrogen-bond acceptors (Lipinski definition) is 3. The van der Waals surface area contributed by atoms with Crippen LogP contribution in [0.4, 0.5) is 0 Å². The van der Waals surface area contributed by atoms with Gasteiger partial charge >= 0.3 is 0 Å². The van der Waals surface area contributed by atoms with E-state index in [1.54, 1.807) is 6.92 Å². The molecular formula is C10H14N2O2. The Hall–Kier alpha value is -1.16. The molecule has 0 radical (unpaired) electrons. The summed E-state index contributed by atoms with van der Waals surface area (Å²) < 4.78 is 0. The third kappa shape index (κ3) is 1.57. The summed E-state index contributed by atoms with van der Waals surface area (Å²) in [5.41, 5.74) is 0.549. The number of nitrogens with one attached hydrogen (secondary N) is 1. The van der Waals surface area contributed by atoms with Crippen LogP contribution in [-0.2, 0) is 9.59 Å². The second-order valence-electron chi connectivity index (χ2n) is 3.87. The van der Waals surface area contributed by atoms with E-state index in [1.807, 2.05) is 0 Å². The van der Waals surface area contributed by atoms with Gasteiger partial charge in [-0.15, -0.1) is 0 Å². The quantitative estimate of drug-likeness (QED) is 0.632. The molecule has 2 aliphatic rings. The lowest BCUT2D eigenvalue weighted by atomic mass is 10.2. The molecule has 2 aliphatic heterocycles. The zero-order chi connectivity index (χ0) is 10.1. The standard InChI is InChI=1S/C10H14N2O2/c1-7-5-9(13)12(10(7)14)6-8-3-2-4-11-8/h5,8,11H,2-4,6H2,1H3. The molecular weight excluding hydrogens is 180 g/mol. The summed E-state index contributed by atoms with van der Waals surface area (Å²) in [7, 11) is 0. The number of carbonyl (C=O) groups is 2. The maximum atomic E-state index is 11.5. The number of amides is 2. The van der Waals surface area contributed by atoms with E-state index in [-0.39, 0.29) is 11.8 Å². The summed E-state index contributed by atoms with van der Waals surface area (Å²) in [5.74, 6) is -0.301. The van der Waals surface area contributed by atoms with E-state index >= 15 is 0 Å². The molecule has 0 spiro atoms. The number of imide groups is 1. The van der Waals surface area contributed by atoms with Gasteiger partial charge in [-0.25, -0.2) is 0 Å². The van der Waals surface area contributed by atoms with E-state index in [1.165, 1.54) is 11.0 Å². The minimum atomic E-state index is -0.166. The topological polar surface area (TPSA) is 49.4 Å². The van der Waals surface area contributed by atoms with E-state index in [4.69, 9.17) is 0 Å². The molecule has 2 amide bonds. The van der Waals surface area contributed by atoms with Crippen LogP contribution in [0.3, 0.4) is 0 Å². The number of rotatable bonds is 2. The van der Waals surface area contributed by atoms with Crippen molar-refractivity contribution in [1.82, 2.24) is 10.2 Å². The lowest BCUT2D eigenvalue weighted by molar-refractivity contribution is -0.137. The molecule has 2 heterocycles. The molecule has 1 atom stereocenters. The second kappa shape index (κ2) is 3.53. The van der Waals surface area contributed by atoms with Crippen molar-refractivity contribution >= 4 is 11.8 Å². The van der Waals surface area contributed by atoms with Crippen molar-refractivity contribution in [2.45, 2.75) is 25.8 Å². The van der Waals surface area contributed by atoms with Crippen LogP contribution in [0, 0.1) is 0 Å². The average Bonchev–Trinajstić information content (AvgIpc) is 2.71. The summed E-state index contributed by atoms with van der Waals surface area (Å²) in [6.07, 6.45) is 3.60. The Morgan fingerprint density at radius 1 is 1.57 bits per heavy atom. The van der Waals surface area contributed by atoms with E-state index in [9.17, 15) is 9.59 Å². The van der Waals surface area contributed by atoms with Crippen molar-refractivity contribution in [2.75, 3.05) is 13.1 Å². The predicted molar refractivity (Wildman–Crippen MR) is 51.5 cm³/mol. The molecule has 1 saturated heterocycles. The second-order valence-corrected chi connectivity index (χ2v) is 3.87. The monoisotopic (exact) mass is 194 g/mol. The first-order chi connectivity index (χ1) is 6.68. The Kier molecular flexibility index (Phi) is 2.37. The maximum absolute atomic E-state index is 11.5. The largest absolute Gasteiger partial charge is 0.312 e. The number of nitrogens with zero attached hydrogens (tertiary/aromatic N) is 1. The third-order valence-corrected chi connectivity index (χ3v) is 2.75. The summed E-state index contributed by atoms with van der Waals surface area (Å²) in [5, 5.41) is 3.27. The summed E-state index contributed by atoms with van der Waals surface area (Å²) in [6, 6.07) is 0.294. The van der Waals surface area contributed by atoms with Crippen molar-refractivity contribution in [2.24, 2.45) is 0 Å². The smallest absolute Gasteiger partial charge is 0.256 e. The molecule has 1 N–H and O–H groups in total. The Labute approximate surface area is 83.0 Å². The van der Waals surface area contributed by atoms with Crippen molar-refractivity contribution in [3.63, 3.8) is 0 Å². The highest BCUT2D eigenvalue weighted by molar-refractivity contribution is 6.15. The Morgan fingerprint density at radius 3 is 2.86 bits per heavy atom. The van der Waals surface area contributed by atoms with Gasteiger partial charge in [0.1, 0.15) is 0 Å². The minimum Gasteiger partial charge on any atom is -0.312 e. The number of carbonyl (C=O) groups excluding carboxylic acids is 2. The maximum Gasteiger partial charge on any atom is 0.256 e. The van der Waals surface area contributed by atoms with E-state index in [0.29, 0.717) is 18.2 Å². The summed E-state index contributed by atoms with van der Waals surface area (Å²) in [4.78, 5) is 24.2. The highest BCUT2D eigenvalue weighted by Crippen LogP contribution is 2.15. The molecule has 0 saturated carbocycles. The van der Waals surface area contributed by atoms with Crippen LogP contribution in [0.1, 0.15) is 19.8 Å². The van der Waals surface area contributed by atoms with Gasteiger partial charge in [0.2, 0.25) is 0 Å². The fourth-order valence-corrected chi connectivity index (χ4v) is 1.94. The Balaban J connectivity index is 1.99. The van der Waals surface area contributed by atoms with Gasteiger partial charge < -0.3 is 5.32 Å². The van der Waals surface area contributed by atoms with Crippen LogP contribution in [0.2, 0.25) is 0 Å². The van der Waals surface area contributed by atoms with Crippen LogP contribution in [0.25, 0.3) is 0 Å². The first-order valence-electron chi connectivity index (χ1n) is 4.96. The fraction of sp³-hybridized carbons (Fsp3) is 0.600. The normalized spacial score (nSPS) is 27.4. The van der Waals surface area contributed by atoms with Gasteiger partial charge in [0, 0.05) is 24.2 Å². The van der Waals surface area contributed by atoms with Gasteiger partial charge in [-0.3, -0.25) is 14.5 Å².